The molecule has 1 heterocycles. The molecular weight excluding hydrogens is 178 g/mol. The minimum Gasteiger partial charge on any atom is -0.394 e. The van der Waals surface area contributed by atoms with Gasteiger partial charge in [-0.2, -0.15) is 5.10 Å². The summed E-state index contributed by atoms with van der Waals surface area (Å²) < 4.78 is 1.86. The van der Waals surface area contributed by atoms with Crippen LogP contribution >= 0.6 is 0 Å². The molecular formula is C10H19N3O. The van der Waals surface area contributed by atoms with Gasteiger partial charge >= 0.3 is 0 Å². The summed E-state index contributed by atoms with van der Waals surface area (Å²) in [7, 11) is 0. The van der Waals surface area contributed by atoms with Gasteiger partial charge in [-0.1, -0.05) is 13.8 Å². The van der Waals surface area contributed by atoms with Crippen molar-refractivity contribution in [3.8, 4) is 0 Å². The van der Waals surface area contributed by atoms with Gasteiger partial charge in [0.2, 0.25) is 0 Å². The van der Waals surface area contributed by atoms with Crippen molar-refractivity contribution in [2.45, 2.75) is 32.9 Å². The fraction of sp³-hybridized carbons (Fsp3) is 0.700. The molecule has 0 fully saturated rings. The quantitative estimate of drug-likeness (QED) is 0.747. The Morgan fingerprint density at radius 3 is 2.79 bits per heavy atom. The van der Waals surface area contributed by atoms with E-state index in [9.17, 15) is 0 Å². The first kappa shape index (κ1) is 11.2. The Labute approximate surface area is 84.7 Å². The van der Waals surface area contributed by atoms with Crippen LogP contribution in [0.25, 0.3) is 0 Å². The Bertz CT molecular complexity index is 291. The average Bonchev–Trinajstić information content (AvgIpc) is 2.52. The lowest BCUT2D eigenvalue weighted by Gasteiger charge is -2.23. The van der Waals surface area contributed by atoms with Crippen LogP contribution in [-0.4, -0.2) is 21.5 Å². The summed E-state index contributed by atoms with van der Waals surface area (Å²) in [5, 5.41) is 13.4. The van der Waals surface area contributed by atoms with Gasteiger partial charge in [0.1, 0.15) is 0 Å². The smallest absolute Gasteiger partial charge is 0.0785 e. The fourth-order valence-electron chi connectivity index (χ4n) is 1.39. The Morgan fingerprint density at radius 2 is 2.29 bits per heavy atom. The lowest BCUT2D eigenvalue weighted by Crippen LogP contribution is -2.39. The molecule has 0 radical (unpaired) electrons. The highest BCUT2D eigenvalue weighted by molar-refractivity contribution is 5.12. The molecule has 0 aliphatic carbocycles. The second-order valence-corrected chi connectivity index (χ2v) is 4.37. The molecule has 0 saturated carbocycles. The van der Waals surface area contributed by atoms with Crippen LogP contribution in [-0.2, 0) is 12.1 Å². The average molecular weight is 197 g/mol. The van der Waals surface area contributed by atoms with Crippen molar-refractivity contribution >= 4 is 0 Å². The third-order valence-corrected chi connectivity index (χ3v) is 2.17. The van der Waals surface area contributed by atoms with E-state index in [0.29, 0.717) is 5.92 Å². The number of rotatable bonds is 4. The third kappa shape index (κ3) is 2.33. The summed E-state index contributed by atoms with van der Waals surface area (Å²) in [6, 6.07) is 1.86. The maximum atomic E-state index is 9.16. The maximum Gasteiger partial charge on any atom is 0.0785 e. The molecule has 14 heavy (non-hydrogen) atoms. The second kappa shape index (κ2) is 4.11. The molecule has 0 bridgehead atoms. The van der Waals surface area contributed by atoms with Crippen LogP contribution in [0.2, 0.25) is 0 Å². The van der Waals surface area contributed by atoms with Crippen molar-refractivity contribution in [2.24, 2.45) is 11.7 Å². The van der Waals surface area contributed by atoms with Gasteiger partial charge in [-0.05, 0) is 18.9 Å². The molecule has 1 atom stereocenters. The van der Waals surface area contributed by atoms with E-state index in [2.05, 4.69) is 18.9 Å². The first-order valence-electron chi connectivity index (χ1n) is 4.89. The van der Waals surface area contributed by atoms with Gasteiger partial charge in [-0.15, -0.1) is 0 Å². The molecule has 0 spiro atoms. The summed E-state index contributed by atoms with van der Waals surface area (Å²) in [5.74, 6) is 0.517. The van der Waals surface area contributed by atoms with Crippen LogP contribution in [0.15, 0.2) is 12.3 Å². The molecule has 0 aliphatic heterocycles. The van der Waals surface area contributed by atoms with Gasteiger partial charge in [0.15, 0.2) is 0 Å². The van der Waals surface area contributed by atoms with Crippen molar-refractivity contribution in [1.29, 1.82) is 0 Å². The van der Waals surface area contributed by atoms with Crippen LogP contribution in [0.1, 0.15) is 26.5 Å². The van der Waals surface area contributed by atoms with E-state index in [-0.39, 0.29) is 6.61 Å². The molecule has 4 heteroatoms. The number of aliphatic hydroxyl groups excluding tert-OH is 1. The largest absolute Gasteiger partial charge is 0.394 e. The zero-order valence-electron chi connectivity index (χ0n) is 9.07. The van der Waals surface area contributed by atoms with Crippen LogP contribution in [0.4, 0.5) is 0 Å². The molecule has 0 aromatic carbocycles. The first-order valence-corrected chi connectivity index (χ1v) is 4.89. The van der Waals surface area contributed by atoms with Crippen molar-refractivity contribution in [1.82, 2.24) is 9.78 Å². The minimum absolute atomic E-state index is 0.0726. The topological polar surface area (TPSA) is 64.1 Å². The zero-order chi connectivity index (χ0) is 10.8. The standard InChI is InChI=1S/C10H19N3O/c1-8(2)6-13-9(4-5-12-13)10(3,11)7-14/h4-5,8,14H,6-7,11H2,1-3H3. The van der Waals surface area contributed by atoms with Crippen LogP contribution in [0, 0.1) is 5.92 Å². The van der Waals surface area contributed by atoms with Crippen LogP contribution in [0.5, 0.6) is 0 Å². The normalized spacial score (nSPS) is 15.9. The monoisotopic (exact) mass is 197 g/mol. The van der Waals surface area contributed by atoms with Crippen LogP contribution < -0.4 is 5.73 Å². The van der Waals surface area contributed by atoms with Gasteiger partial charge < -0.3 is 10.8 Å². The molecule has 0 saturated heterocycles. The molecule has 1 aromatic heterocycles. The number of nitrogens with zero attached hydrogens (tertiary/aromatic N) is 2. The van der Waals surface area contributed by atoms with Gasteiger partial charge in [-0.25, -0.2) is 0 Å². The number of nitrogens with two attached hydrogens (primary N) is 1. The van der Waals surface area contributed by atoms with Crippen molar-refractivity contribution in [2.75, 3.05) is 6.61 Å². The summed E-state index contributed by atoms with van der Waals surface area (Å²) in [6.07, 6.45) is 1.72. The van der Waals surface area contributed by atoms with E-state index in [4.69, 9.17) is 10.8 Å². The van der Waals surface area contributed by atoms with E-state index < -0.39 is 5.54 Å². The lowest BCUT2D eigenvalue weighted by atomic mass is 10.0. The Morgan fingerprint density at radius 1 is 1.64 bits per heavy atom. The Balaban J connectivity index is 2.92. The van der Waals surface area contributed by atoms with E-state index in [1.807, 2.05) is 10.7 Å². The highest BCUT2D eigenvalue weighted by Crippen LogP contribution is 2.17. The highest BCUT2D eigenvalue weighted by atomic mass is 16.3. The molecule has 80 valence electrons. The van der Waals surface area contributed by atoms with Gasteiger partial charge in [-0.3, -0.25) is 4.68 Å². The summed E-state index contributed by atoms with van der Waals surface area (Å²) in [4.78, 5) is 0. The van der Waals surface area contributed by atoms with Crippen molar-refractivity contribution in [3.05, 3.63) is 18.0 Å². The number of hydrogen-bond acceptors (Lipinski definition) is 3. The molecule has 0 aliphatic rings. The van der Waals surface area contributed by atoms with Gasteiger partial charge in [0.05, 0.1) is 17.8 Å². The fourth-order valence-corrected chi connectivity index (χ4v) is 1.39. The zero-order valence-corrected chi connectivity index (χ0v) is 9.07. The third-order valence-electron chi connectivity index (χ3n) is 2.17. The number of aromatic nitrogens is 2. The predicted octanol–water partition coefficient (Wildman–Crippen LogP) is 0.705. The van der Waals surface area contributed by atoms with E-state index in [1.165, 1.54) is 0 Å². The Hall–Kier alpha value is -0.870. The summed E-state index contributed by atoms with van der Waals surface area (Å²) in [6.45, 7) is 6.81. The molecule has 1 unspecified atom stereocenters. The van der Waals surface area contributed by atoms with Gasteiger partial charge in [0, 0.05) is 12.7 Å². The first-order chi connectivity index (χ1) is 6.47. The molecule has 1 rings (SSSR count). The van der Waals surface area contributed by atoms with E-state index in [1.54, 1.807) is 13.1 Å². The SMILES string of the molecule is CC(C)Cn1nccc1C(C)(N)CO. The molecule has 1 aromatic rings. The van der Waals surface area contributed by atoms with E-state index >= 15 is 0 Å². The van der Waals surface area contributed by atoms with Crippen LogP contribution in [0.3, 0.4) is 0 Å². The highest BCUT2D eigenvalue weighted by Gasteiger charge is 2.24. The minimum atomic E-state index is -0.703. The predicted molar refractivity (Wildman–Crippen MR) is 55.7 cm³/mol. The number of aliphatic hydroxyl groups is 1. The van der Waals surface area contributed by atoms with Gasteiger partial charge in [0.25, 0.3) is 0 Å². The summed E-state index contributed by atoms with van der Waals surface area (Å²) in [5.41, 5.74) is 6.13. The maximum absolute atomic E-state index is 9.16. The number of hydrogen-bond donors (Lipinski definition) is 2. The van der Waals surface area contributed by atoms with Crippen molar-refractivity contribution < 1.29 is 5.11 Å². The van der Waals surface area contributed by atoms with Crippen molar-refractivity contribution in [3.63, 3.8) is 0 Å². The molecule has 4 nitrogen and oxygen atoms in total. The molecule has 3 N–H and O–H groups in total. The molecule has 0 amide bonds. The Kier molecular flexibility index (Phi) is 3.29. The van der Waals surface area contributed by atoms with E-state index in [0.717, 1.165) is 12.2 Å². The lowest BCUT2D eigenvalue weighted by molar-refractivity contribution is 0.200. The summed E-state index contributed by atoms with van der Waals surface area (Å²) >= 11 is 0. The second-order valence-electron chi connectivity index (χ2n) is 4.37.